The zero-order chi connectivity index (χ0) is 15.9. The molecule has 0 bridgehead atoms. The third kappa shape index (κ3) is 2.36. The Morgan fingerprint density at radius 3 is 2.32 bits per heavy atom. The molecule has 1 heterocycles. The lowest BCUT2D eigenvalue weighted by Crippen LogP contribution is -2.29. The summed E-state index contributed by atoms with van der Waals surface area (Å²) in [6.07, 6.45) is -4.97. The van der Waals surface area contributed by atoms with Gasteiger partial charge in [-0.2, -0.15) is 13.2 Å². The number of hydrogen-bond donors (Lipinski definition) is 0. The fourth-order valence-electron chi connectivity index (χ4n) is 2.25. The molecule has 0 aliphatic rings. The third-order valence-electron chi connectivity index (χ3n) is 3.32. The molecule has 0 amide bonds. The van der Waals surface area contributed by atoms with Gasteiger partial charge in [0.25, 0.3) is 0 Å². The molecule has 1 aromatic heterocycles. The first-order valence-electron chi connectivity index (χ1n) is 6.54. The Balaban J connectivity index is 2.30. The lowest BCUT2D eigenvalue weighted by molar-refractivity contribution is -0.0942. The number of rotatable bonds is 1. The van der Waals surface area contributed by atoms with Crippen LogP contribution >= 0.6 is 0 Å². The molecule has 0 N–H and O–H groups in total. The number of benzene rings is 2. The molecule has 3 rings (SSSR count). The highest BCUT2D eigenvalue weighted by Gasteiger charge is 2.42. The average molecular weight is 304 g/mol. The first kappa shape index (κ1) is 14.3. The van der Waals surface area contributed by atoms with Gasteiger partial charge in [-0.25, -0.2) is 4.98 Å². The fourth-order valence-corrected chi connectivity index (χ4v) is 2.25. The Kier molecular flexibility index (Phi) is 3.24. The van der Waals surface area contributed by atoms with Gasteiger partial charge in [0.05, 0.1) is 11.0 Å². The first-order valence-corrected chi connectivity index (χ1v) is 6.54. The molecule has 3 aromatic rings. The van der Waals surface area contributed by atoms with E-state index >= 15 is 0 Å². The number of aryl methyl sites for hydroxylation is 1. The number of hydrogen-bond acceptors (Lipinski definition) is 2. The topological polar surface area (TPSA) is 34.9 Å². The highest BCUT2D eigenvalue weighted by Crippen LogP contribution is 2.29. The third-order valence-corrected chi connectivity index (χ3v) is 3.32. The zero-order valence-electron chi connectivity index (χ0n) is 11.6. The number of aromatic nitrogens is 2. The van der Waals surface area contributed by atoms with Crippen LogP contribution in [0.15, 0.2) is 48.5 Å². The summed E-state index contributed by atoms with van der Waals surface area (Å²) in [5, 5.41) is 0. The van der Waals surface area contributed by atoms with E-state index in [0.29, 0.717) is 15.6 Å². The molecule has 112 valence electrons. The lowest BCUT2D eigenvalue weighted by Gasteiger charge is -2.10. The smallest absolute Gasteiger partial charge is 0.263 e. The van der Waals surface area contributed by atoms with Gasteiger partial charge >= 0.3 is 12.1 Å². The maximum absolute atomic E-state index is 12.9. The van der Waals surface area contributed by atoms with Crippen molar-refractivity contribution in [2.45, 2.75) is 13.1 Å². The summed E-state index contributed by atoms with van der Waals surface area (Å²) in [7, 11) is 0. The van der Waals surface area contributed by atoms with Gasteiger partial charge in [-0.3, -0.25) is 9.36 Å². The summed E-state index contributed by atoms with van der Waals surface area (Å²) in [6.45, 7) is 1.87. The molecule has 3 nitrogen and oxygen atoms in total. The second-order valence-electron chi connectivity index (χ2n) is 4.93. The Labute approximate surface area is 124 Å². The summed E-state index contributed by atoms with van der Waals surface area (Å²) in [6, 6.07) is 13.1. The fraction of sp³-hybridized carbons (Fsp3) is 0.125. The number of carbonyl (C=O) groups excluding carboxylic acids is 1. The molecular formula is C16H11F3N2O. The molecule has 0 aliphatic carbocycles. The molecule has 0 atom stereocenters. The summed E-state index contributed by atoms with van der Waals surface area (Å²) in [5.41, 5.74) is 1.91. The van der Waals surface area contributed by atoms with Crippen LogP contribution in [0.2, 0.25) is 0 Å². The minimum atomic E-state index is -4.97. The van der Waals surface area contributed by atoms with Crippen LogP contribution in [0.25, 0.3) is 22.4 Å². The predicted octanol–water partition coefficient (Wildman–Crippen LogP) is 4.21. The van der Waals surface area contributed by atoms with Gasteiger partial charge in [0, 0.05) is 5.56 Å². The summed E-state index contributed by atoms with van der Waals surface area (Å²) < 4.78 is 39.3. The monoisotopic (exact) mass is 304 g/mol. The summed E-state index contributed by atoms with van der Waals surface area (Å²) in [5.74, 6) is -1.96. The van der Waals surface area contributed by atoms with E-state index in [2.05, 4.69) is 4.98 Å². The molecule has 0 saturated carbocycles. The van der Waals surface area contributed by atoms with Crippen LogP contribution in [-0.4, -0.2) is 21.6 Å². The van der Waals surface area contributed by atoms with Crippen LogP contribution in [0.1, 0.15) is 10.4 Å². The van der Waals surface area contributed by atoms with Gasteiger partial charge < -0.3 is 0 Å². The van der Waals surface area contributed by atoms with Crippen molar-refractivity contribution < 1.29 is 18.0 Å². The molecule has 2 aromatic carbocycles. The Bertz CT molecular complexity index is 848. The number of para-hydroxylation sites is 2. The Hall–Kier alpha value is -2.63. The van der Waals surface area contributed by atoms with Gasteiger partial charge in [0.1, 0.15) is 5.82 Å². The van der Waals surface area contributed by atoms with E-state index in [1.165, 1.54) is 6.07 Å². The minimum Gasteiger partial charge on any atom is -0.263 e. The van der Waals surface area contributed by atoms with E-state index in [4.69, 9.17) is 0 Å². The number of alkyl halides is 3. The quantitative estimate of drug-likeness (QED) is 0.675. The maximum atomic E-state index is 12.9. The molecule has 0 fully saturated rings. The first-order chi connectivity index (χ1) is 10.4. The van der Waals surface area contributed by atoms with Crippen molar-refractivity contribution in [2.75, 3.05) is 0 Å². The van der Waals surface area contributed by atoms with E-state index < -0.39 is 12.1 Å². The van der Waals surface area contributed by atoms with E-state index in [-0.39, 0.29) is 11.3 Å². The molecular weight excluding hydrogens is 293 g/mol. The van der Waals surface area contributed by atoms with Crippen LogP contribution in [0.3, 0.4) is 0 Å². The SMILES string of the molecule is Cc1ccc(-c2nc3ccccc3n2C(=O)C(F)(F)F)cc1. The van der Waals surface area contributed by atoms with Crippen LogP contribution in [0.5, 0.6) is 0 Å². The number of carbonyl (C=O) groups is 1. The predicted molar refractivity (Wildman–Crippen MR) is 76.6 cm³/mol. The second kappa shape index (κ2) is 4.98. The molecule has 0 spiro atoms. The largest absolute Gasteiger partial charge is 0.472 e. The van der Waals surface area contributed by atoms with Crippen LogP contribution in [0.4, 0.5) is 13.2 Å². The van der Waals surface area contributed by atoms with Crippen molar-refractivity contribution in [3.8, 4) is 11.4 Å². The van der Waals surface area contributed by atoms with Crippen molar-refractivity contribution in [3.05, 3.63) is 54.1 Å². The van der Waals surface area contributed by atoms with Crippen LogP contribution in [0, 0.1) is 6.92 Å². The Morgan fingerprint density at radius 1 is 1.05 bits per heavy atom. The number of halogens is 3. The van der Waals surface area contributed by atoms with Crippen molar-refractivity contribution in [1.29, 1.82) is 0 Å². The van der Waals surface area contributed by atoms with E-state index in [9.17, 15) is 18.0 Å². The Morgan fingerprint density at radius 2 is 1.68 bits per heavy atom. The van der Waals surface area contributed by atoms with Gasteiger partial charge in [-0.1, -0.05) is 42.0 Å². The summed E-state index contributed by atoms with van der Waals surface area (Å²) in [4.78, 5) is 16.0. The maximum Gasteiger partial charge on any atom is 0.472 e. The summed E-state index contributed by atoms with van der Waals surface area (Å²) >= 11 is 0. The van der Waals surface area contributed by atoms with Crippen molar-refractivity contribution in [3.63, 3.8) is 0 Å². The average Bonchev–Trinajstić information content (AvgIpc) is 2.85. The number of nitrogens with zero attached hydrogens (tertiary/aromatic N) is 2. The van der Waals surface area contributed by atoms with Gasteiger partial charge in [-0.15, -0.1) is 0 Å². The van der Waals surface area contributed by atoms with E-state index in [0.717, 1.165) is 5.56 Å². The van der Waals surface area contributed by atoms with Crippen LogP contribution < -0.4 is 0 Å². The normalized spacial score (nSPS) is 11.8. The molecule has 0 radical (unpaired) electrons. The molecule has 0 saturated heterocycles. The number of fused-ring (bicyclic) bond motifs is 1. The molecule has 0 unspecified atom stereocenters. The van der Waals surface area contributed by atoms with Gasteiger partial charge in [-0.05, 0) is 19.1 Å². The highest BCUT2D eigenvalue weighted by molar-refractivity contribution is 5.97. The molecule has 22 heavy (non-hydrogen) atoms. The molecule has 6 heteroatoms. The standard InChI is InChI=1S/C16H11F3N2O/c1-10-6-8-11(9-7-10)14-20-12-4-2-3-5-13(12)21(14)15(22)16(17,18)19/h2-9H,1H3. The van der Waals surface area contributed by atoms with Crippen molar-refractivity contribution >= 4 is 16.9 Å². The lowest BCUT2D eigenvalue weighted by atomic mass is 10.1. The van der Waals surface area contributed by atoms with E-state index in [1.54, 1.807) is 42.5 Å². The van der Waals surface area contributed by atoms with Crippen molar-refractivity contribution in [2.24, 2.45) is 0 Å². The zero-order valence-corrected chi connectivity index (χ0v) is 11.6. The second-order valence-corrected chi connectivity index (χ2v) is 4.93. The number of imidazole rings is 1. The van der Waals surface area contributed by atoms with Gasteiger partial charge in [0.2, 0.25) is 0 Å². The van der Waals surface area contributed by atoms with Crippen LogP contribution in [-0.2, 0) is 0 Å². The van der Waals surface area contributed by atoms with Gasteiger partial charge in [0.15, 0.2) is 0 Å². The van der Waals surface area contributed by atoms with Crippen molar-refractivity contribution in [1.82, 2.24) is 9.55 Å². The molecule has 0 aliphatic heterocycles. The highest BCUT2D eigenvalue weighted by atomic mass is 19.4. The minimum absolute atomic E-state index is 0.0106. The van der Waals surface area contributed by atoms with E-state index in [1.807, 2.05) is 6.92 Å².